The van der Waals surface area contributed by atoms with Crippen LogP contribution in [0.4, 0.5) is 5.69 Å². The SMILES string of the molecule is COc1ccc(N(C(=O)CCl)[C@@H](C(=O)NC2CCCCC2)c2cccs2)cc1Cl. The lowest BCUT2D eigenvalue weighted by Gasteiger charge is -2.32. The fourth-order valence-corrected chi connectivity index (χ4v) is 4.85. The van der Waals surface area contributed by atoms with Gasteiger partial charge in [0, 0.05) is 16.6 Å². The second-order valence-corrected chi connectivity index (χ2v) is 8.63. The molecule has 156 valence electrons. The average molecular weight is 455 g/mol. The number of rotatable bonds is 7. The minimum Gasteiger partial charge on any atom is -0.495 e. The number of nitrogens with one attached hydrogen (secondary N) is 1. The van der Waals surface area contributed by atoms with Crippen molar-refractivity contribution in [3.8, 4) is 5.75 Å². The van der Waals surface area contributed by atoms with Crippen LogP contribution in [0.1, 0.15) is 43.0 Å². The molecule has 1 saturated carbocycles. The lowest BCUT2D eigenvalue weighted by atomic mass is 9.95. The van der Waals surface area contributed by atoms with Gasteiger partial charge in [0.1, 0.15) is 17.7 Å². The molecule has 3 rings (SSSR count). The monoisotopic (exact) mass is 454 g/mol. The first-order valence-electron chi connectivity index (χ1n) is 9.60. The molecule has 29 heavy (non-hydrogen) atoms. The number of carbonyl (C=O) groups excluding carboxylic acids is 2. The standard InChI is InChI=1S/C21H24Cl2N2O3S/c1-28-17-10-9-15(12-16(17)23)25(19(26)13-22)20(18-8-5-11-29-18)21(27)24-14-6-3-2-4-7-14/h5,8-12,14,20H,2-4,6-7,13H2,1H3,(H,24,27)/t20-/m1/s1. The zero-order chi connectivity index (χ0) is 20.8. The fourth-order valence-electron chi connectivity index (χ4n) is 3.65. The highest BCUT2D eigenvalue weighted by Gasteiger charge is 2.34. The zero-order valence-corrected chi connectivity index (χ0v) is 18.5. The Kier molecular flexibility index (Phi) is 7.81. The van der Waals surface area contributed by atoms with Crippen molar-refractivity contribution in [3.05, 3.63) is 45.6 Å². The van der Waals surface area contributed by atoms with Gasteiger partial charge in [-0.25, -0.2) is 0 Å². The predicted octanol–water partition coefficient (Wildman–Crippen LogP) is 5.17. The Labute approximate surface area is 184 Å². The highest BCUT2D eigenvalue weighted by Crippen LogP contribution is 2.35. The van der Waals surface area contributed by atoms with Crippen molar-refractivity contribution in [3.63, 3.8) is 0 Å². The Morgan fingerprint density at radius 3 is 2.62 bits per heavy atom. The van der Waals surface area contributed by atoms with Crippen LogP contribution in [-0.4, -0.2) is 30.8 Å². The number of amides is 2. The first-order chi connectivity index (χ1) is 14.0. The summed E-state index contributed by atoms with van der Waals surface area (Å²) in [5.74, 6) is -0.328. The van der Waals surface area contributed by atoms with Crippen molar-refractivity contribution in [2.75, 3.05) is 17.9 Å². The number of thiophene rings is 1. The summed E-state index contributed by atoms with van der Waals surface area (Å²) >= 11 is 13.6. The van der Waals surface area contributed by atoms with Crippen LogP contribution in [0.15, 0.2) is 35.7 Å². The largest absolute Gasteiger partial charge is 0.495 e. The molecule has 1 aromatic carbocycles. The van der Waals surface area contributed by atoms with Crippen LogP contribution in [-0.2, 0) is 9.59 Å². The summed E-state index contributed by atoms with van der Waals surface area (Å²) in [6, 6.07) is 8.05. The third-order valence-electron chi connectivity index (χ3n) is 5.07. The summed E-state index contributed by atoms with van der Waals surface area (Å²) < 4.78 is 5.21. The number of nitrogens with zero attached hydrogens (tertiary/aromatic N) is 1. The van der Waals surface area contributed by atoms with Crippen molar-refractivity contribution in [2.45, 2.75) is 44.2 Å². The predicted molar refractivity (Wildman–Crippen MR) is 118 cm³/mol. The van der Waals surface area contributed by atoms with E-state index in [0.717, 1.165) is 30.6 Å². The molecule has 0 saturated heterocycles. The van der Waals surface area contributed by atoms with Crippen LogP contribution in [0, 0.1) is 0 Å². The van der Waals surface area contributed by atoms with Crippen molar-refractivity contribution < 1.29 is 14.3 Å². The number of benzene rings is 1. The molecule has 0 unspecified atom stereocenters. The maximum Gasteiger partial charge on any atom is 0.248 e. The normalized spacial score (nSPS) is 15.6. The molecule has 5 nitrogen and oxygen atoms in total. The number of hydrogen-bond donors (Lipinski definition) is 1. The van der Waals surface area contributed by atoms with Gasteiger partial charge in [0.05, 0.1) is 12.1 Å². The maximum atomic E-state index is 13.4. The number of ether oxygens (including phenoxy) is 1. The van der Waals surface area contributed by atoms with Gasteiger partial charge in [-0.15, -0.1) is 22.9 Å². The highest BCUT2D eigenvalue weighted by atomic mass is 35.5. The van der Waals surface area contributed by atoms with Gasteiger partial charge in [0.25, 0.3) is 0 Å². The second-order valence-electron chi connectivity index (χ2n) is 6.98. The molecule has 1 aliphatic carbocycles. The molecule has 1 N–H and O–H groups in total. The number of halogens is 2. The molecule has 2 amide bonds. The van der Waals surface area contributed by atoms with E-state index in [1.807, 2.05) is 17.5 Å². The van der Waals surface area contributed by atoms with Gasteiger partial charge in [-0.2, -0.15) is 0 Å². The van der Waals surface area contributed by atoms with Gasteiger partial charge in [-0.3, -0.25) is 14.5 Å². The summed E-state index contributed by atoms with van der Waals surface area (Å²) in [7, 11) is 1.52. The fraction of sp³-hybridized carbons (Fsp3) is 0.429. The van der Waals surface area contributed by atoms with Gasteiger partial charge >= 0.3 is 0 Å². The summed E-state index contributed by atoms with van der Waals surface area (Å²) in [5, 5.41) is 5.39. The van der Waals surface area contributed by atoms with Crippen LogP contribution in [0.3, 0.4) is 0 Å². The third-order valence-corrected chi connectivity index (χ3v) is 6.52. The zero-order valence-electron chi connectivity index (χ0n) is 16.2. The minimum atomic E-state index is -0.812. The molecule has 1 fully saturated rings. The summed E-state index contributed by atoms with van der Waals surface area (Å²) in [4.78, 5) is 28.4. The van der Waals surface area contributed by atoms with Crippen molar-refractivity contribution in [2.24, 2.45) is 0 Å². The number of methoxy groups -OCH3 is 1. The Morgan fingerprint density at radius 2 is 2.03 bits per heavy atom. The first kappa shape index (κ1) is 21.9. The summed E-state index contributed by atoms with van der Waals surface area (Å²) in [6.45, 7) is 0. The molecule has 0 radical (unpaired) electrons. The Hall–Kier alpha value is -1.76. The molecule has 1 aromatic heterocycles. The quantitative estimate of drug-likeness (QED) is 0.586. The van der Waals surface area contributed by atoms with Crippen molar-refractivity contribution in [1.29, 1.82) is 0 Å². The maximum absolute atomic E-state index is 13.4. The molecule has 0 bridgehead atoms. The summed E-state index contributed by atoms with van der Waals surface area (Å²) in [5.41, 5.74) is 0.499. The molecule has 2 aromatic rings. The topological polar surface area (TPSA) is 58.6 Å². The van der Waals surface area contributed by atoms with Gasteiger partial charge in [0.2, 0.25) is 11.8 Å². The van der Waals surface area contributed by atoms with E-state index in [2.05, 4.69) is 5.32 Å². The van der Waals surface area contributed by atoms with E-state index in [4.69, 9.17) is 27.9 Å². The lowest BCUT2D eigenvalue weighted by Crippen LogP contribution is -2.47. The van der Waals surface area contributed by atoms with Crippen LogP contribution in [0.5, 0.6) is 5.75 Å². The smallest absolute Gasteiger partial charge is 0.248 e. The van der Waals surface area contributed by atoms with Gasteiger partial charge in [-0.1, -0.05) is 36.9 Å². The van der Waals surface area contributed by atoms with E-state index < -0.39 is 6.04 Å². The molecular weight excluding hydrogens is 431 g/mol. The Bertz CT molecular complexity index is 838. The highest BCUT2D eigenvalue weighted by molar-refractivity contribution is 7.10. The average Bonchev–Trinajstić information content (AvgIpc) is 3.26. The Morgan fingerprint density at radius 1 is 1.28 bits per heavy atom. The van der Waals surface area contributed by atoms with Crippen molar-refractivity contribution in [1.82, 2.24) is 5.32 Å². The lowest BCUT2D eigenvalue weighted by molar-refractivity contribution is -0.126. The van der Waals surface area contributed by atoms with Gasteiger partial charge in [0.15, 0.2) is 0 Å². The van der Waals surface area contributed by atoms with E-state index in [9.17, 15) is 9.59 Å². The van der Waals surface area contributed by atoms with E-state index in [1.54, 1.807) is 18.2 Å². The number of carbonyl (C=O) groups is 2. The molecule has 1 atom stereocenters. The first-order valence-corrected chi connectivity index (χ1v) is 11.4. The second kappa shape index (κ2) is 10.3. The molecule has 0 spiro atoms. The number of hydrogen-bond acceptors (Lipinski definition) is 4. The van der Waals surface area contributed by atoms with E-state index >= 15 is 0 Å². The van der Waals surface area contributed by atoms with Crippen LogP contribution < -0.4 is 15.0 Å². The van der Waals surface area contributed by atoms with Gasteiger partial charge < -0.3 is 10.1 Å². The molecule has 0 aliphatic heterocycles. The molecular formula is C21H24Cl2N2O3S. The molecule has 8 heteroatoms. The minimum absolute atomic E-state index is 0.131. The van der Waals surface area contributed by atoms with Gasteiger partial charge in [-0.05, 0) is 42.5 Å². The third kappa shape index (κ3) is 5.24. The van der Waals surface area contributed by atoms with Crippen LogP contribution >= 0.6 is 34.5 Å². The van der Waals surface area contributed by atoms with E-state index in [0.29, 0.717) is 16.5 Å². The van der Waals surface area contributed by atoms with Crippen molar-refractivity contribution >= 4 is 52.0 Å². The van der Waals surface area contributed by atoms with E-state index in [1.165, 1.54) is 29.8 Å². The number of anilines is 1. The molecule has 1 heterocycles. The molecule has 1 aliphatic rings. The summed E-state index contributed by atoms with van der Waals surface area (Å²) in [6.07, 6.45) is 5.32. The van der Waals surface area contributed by atoms with Crippen LogP contribution in [0.25, 0.3) is 0 Å². The van der Waals surface area contributed by atoms with Crippen LogP contribution in [0.2, 0.25) is 5.02 Å². The number of alkyl halides is 1. The Balaban J connectivity index is 1.98. The van der Waals surface area contributed by atoms with E-state index in [-0.39, 0.29) is 23.7 Å².